The number of thioether (sulfide) groups is 1. The van der Waals surface area contributed by atoms with E-state index in [-0.39, 0.29) is 10.8 Å². The van der Waals surface area contributed by atoms with Gasteiger partial charge in [-0.3, -0.25) is 9.69 Å². The van der Waals surface area contributed by atoms with Crippen LogP contribution in [0.4, 0.5) is 0 Å². The normalized spacial score (nSPS) is 16.1. The van der Waals surface area contributed by atoms with E-state index in [2.05, 4.69) is 0 Å². The van der Waals surface area contributed by atoms with Crippen LogP contribution in [0.2, 0.25) is 0 Å². The Labute approximate surface area is 173 Å². The van der Waals surface area contributed by atoms with Crippen LogP contribution >= 0.6 is 24.0 Å². The van der Waals surface area contributed by atoms with E-state index in [0.29, 0.717) is 27.9 Å². The van der Waals surface area contributed by atoms with Crippen LogP contribution in [0, 0.1) is 0 Å². The number of nitrogens with two attached hydrogens (primary N) is 1. The lowest BCUT2D eigenvalue weighted by molar-refractivity contribution is -0.122. The summed E-state index contributed by atoms with van der Waals surface area (Å²) in [6.07, 6.45) is 2.34. The van der Waals surface area contributed by atoms with Gasteiger partial charge >= 0.3 is 0 Å². The fourth-order valence-corrected chi connectivity index (χ4v) is 4.49. The van der Waals surface area contributed by atoms with Gasteiger partial charge in [-0.05, 0) is 47.9 Å². The predicted molar refractivity (Wildman–Crippen MR) is 114 cm³/mol. The number of benzene rings is 2. The third kappa shape index (κ3) is 4.79. The molecule has 2 N–H and O–H groups in total. The van der Waals surface area contributed by atoms with E-state index in [9.17, 15) is 13.2 Å². The van der Waals surface area contributed by atoms with Crippen molar-refractivity contribution in [1.82, 2.24) is 4.90 Å². The first-order chi connectivity index (χ1) is 13.3. The minimum absolute atomic E-state index is 0.0584. The summed E-state index contributed by atoms with van der Waals surface area (Å²) in [4.78, 5) is 14.9. The largest absolute Gasteiger partial charge is 0.497 e. The van der Waals surface area contributed by atoms with Crippen molar-refractivity contribution < 1.29 is 17.9 Å². The Kier molecular flexibility index (Phi) is 6.19. The molecule has 2 aromatic carbocycles. The highest BCUT2D eigenvalue weighted by molar-refractivity contribution is 8.26. The first-order valence-electron chi connectivity index (χ1n) is 8.29. The fraction of sp³-hybridized carbons (Fsp3) is 0.158. The highest BCUT2D eigenvalue weighted by Gasteiger charge is 2.31. The second-order valence-electron chi connectivity index (χ2n) is 6.05. The molecular weight excluding hydrogens is 416 g/mol. The van der Waals surface area contributed by atoms with Crippen LogP contribution in [0.25, 0.3) is 6.08 Å². The number of sulfonamides is 1. The summed E-state index contributed by atoms with van der Waals surface area (Å²) in [6.45, 7) is 0.412. The maximum absolute atomic E-state index is 12.7. The number of nitrogens with zero attached hydrogens (tertiary/aromatic N) is 1. The molecule has 0 radical (unpaired) electrons. The quantitative estimate of drug-likeness (QED) is 0.555. The maximum Gasteiger partial charge on any atom is 0.266 e. The van der Waals surface area contributed by atoms with Crippen LogP contribution < -0.4 is 9.88 Å². The van der Waals surface area contributed by atoms with Crippen LogP contribution in [0.1, 0.15) is 11.1 Å². The lowest BCUT2D eigenvalue weighted by Crippen LogP contribution is -2.30. The van der Waals surface area contributed by atoms with Gasteiger partial charge < -0.3 is 4.74 Å². The van der Waals surface area contributed by atoms with E-state index in [1.54, 1.807) is 30.2 Å². The van der Waals surface area contributed by atoms with Crippen LogP contribution in [0.15, 0.2) is 58.3 Å². The van der Waals surface area contributed by atoms with Crippen LogP contribution in [0.3, 0.4) is 0 Å². The number of primary sulfonamides is 1. The number of ether oxygens (including phenoxy) is 1. The number of carbonyl (C=O) groups excluding carboxylic acids is 1. The maximum atomic E-state index is 12.7. The second-order valence-corrected chi connectivity index (χ2v) is 9.29. The van der Waals surface area contributed by atoms with Crippen molar-refractivity contribution in [3.05, 3.63) is 64.6 Å². The first-order valence-corrected chi connectivity index (χ1v) is 11.1. The van der Waals surface area contributed by atoms with Gasteiger partial charge in [0, 0.05) is 6.54 Å². The topological polar surface area (TPSA) is 89.7 Å². The lowest BCUT2D eigenvalue weighted by Gasteiger charge is -2.14. The number of hydrogen-bond acceptors (Lipinski definition) is 6. The summed E-state index contributed by atoms with van der Waals surface area (Å²) in [5, 5.41) is 5.10. The van der Waals surface area contributed by atoms with Crippen molar-refractivity contribution in [3.63, 3.8) is 0 Å². The molecular formula is C19H18N2O4S3. The minimum atomic E-state index is -3.71. The SMILES string of the molecule is COc1cccc(C=C2SC(=S)N(CCc3ccc(S(N)(=O)=O)cc3)C2=O)c1. The summed E-state index contributed by atoms with van der Waals surface area (Å²) in [7, 11) is -2.12. The Balaban J connectivity index is 1.69. The number of rotatable bonds is 6. The summed E-state index contributed by atoms with van der Waals surface area (Å²) in [6, 6.07) is 13.7. The number of methoxy groups -OCH3 is 1. The van der Waals surface area contributed by atoms with Crippen molar-refractivity contribution in [2.75, 3.05) is 13.7 Å². The van der Waals surface area contributed by atoms with Gasteiger partial charge in [-0.15, -0.1) is 0 Å². The van der Waals surface area contributed by atoms with Crippen molar-refractivity contribution in [3.8, 4) is 5.75 Å². The van der Waals surface area contributed by atoms with Crippen molar-refractivity contribution in [2.24, 2.45) is 5.14 Å². The molecule has 1 saturated heterocycles. The molecule has 3 rings (SSSR count). The molecule has 0 aromatic heterocycles. The molecule has 2 aromatic rings. The molecule has 0 saturated carbocycles. The van der Waals surface area contributed by atoms with Crippen LogP contribution in [0.5, 0.6) is 5.75 Å². The standard InChI is InChI=1S/C19H18N2O4S3/c1-25-15-4-2-3-14(11-15)12-17-18(22)21(19(26)27-17)10-9-13-5-7-16(8-6-13)28(20,23)24/h2-8,11-12H,9-10H2,1H3,(H2,20,23,24). The van der Waals surface area contributed by atoms with Gasteiger partial charge in [0.25, 0.3) is 5.91 Å². The van der Waals surface area contributed by atoms with E-state index >= 15 is 0 Å². The van der Waals surface area contributed by atoms with Gasteiger partial charge in [0.15, 0.2) is 0 Å². The highest BCUT2D eigenvalue weighted by Crippen LogP contribution is 2.33. The molecule has 0 bridgehead atoms. The summed E-state index contributed by atoms with van der Waals surface area (Å²) < 4.78 is 28.3. The first kappa shape index (κ1) is 20.5. The Bertz CT molecular complexity index is 1050. The number of carbonyl (C=O) groups is 1. The smallest absolute Gasteiger partial charge is 0.266 e. The van der Waals surface area contributed by atoms with Crippen molar-refractivity contribution in [1.29, 1.82) is 0 Å². The Hall–Kier alpha value is -2.20. The third-order valence-corrected chi connectivity index (χ3v) is 6.45. The van der Waals surface area contributed by atoms with Gasteiger partial charge in [-0.2, -0.15) is 0 Å². The average Bonchev–Trinajstić information content (AvgIpc) is 2.93. The molecule has 6 nitrogen and oxygen atoms in total. The fourth-order valence-electron chi connectivity index (χ4n) is 2.66. The lowest BCUT2D eigenvalue weighted by atomic mass is 10.1. The van der Waals surface area contributed by atoms with E-state index in [1.165, 1.54) is 23.9 Å². The van der Waals surface area contributed by atoms with Crippen LogP contribution in [-0.4, -0.2) is 37.2 Å². The Morgan fingerprint density at radius 3 is 2.57 bits per heavy atom. The molecule has 0 spiro atoms. The van der Waals surface area contributed by atoms with E-state index in [4.69, 9.17) is 22.1 Å². The predicted octanol–water partition coefficient (Wildman–Crippen LogP) is 2.79. The highest BCUT2D eigenvalue weighted by atomic mass is 32.2. The zero-order valence-electron chi connectivity index (χ0n) is 15.0. The second kappa shape index (κ2) is 8.44. The van der Waals surface area contributed by atoms with Crippen molar-refractivity contribution >= 4 is 50.3 Å². The molecule has 9 heteroatoms. The molecule has 0 atom stereocenters. The van der Waals surface area contributed by atoms with E-state index in [0.717, 1.165) is 11.1 Å². The van der Waals surface area contributed by atoms with E-state index < -0.39 is 10.0 Å². The zero-order chi connectivity index (χ0) is 20.3. The average molecular weight is 435 g/mol. The van der Waals surface area contributed by atoms with E-state index in [1.807, 2.05) is 24.3 Å². The molecule has 146 valence electrons. The van der Waals surface area contributed by atoms with Crippen molar-refractivity contribution in [2.45, 2.75) is 11.3 Å². The molecule has 1 aliphatic heterocycles. The van der Waals surface area contributed by atoms with Gasteiger partial charge in [-0.25, -0.2) is 13.6 Å². The molecule has 1 heterocycles. The summed E-state index contributed by atoms with van der Waals surface area (Å²) in [5.74, 6) is 0.575. The molecule has 1 fully saturated rings. The minimum Gasteiger partial charge on any atom is -0.497 e. The monoisotopic (exact) mass is 434 g/mol. The number of amides is 1. The van der Waals surface area contributed by atoms with Gasteiger partial charge in [0.1, 0.15) is 10.1 Å². The Morgan fingerprint density at radius 2 is 1.93 bits per heavy atom. The molecule has 28 heavy (non-hydrogen) atoms. The molecule has 1 amide bonds. The molecule has 0 aliphatic carbocycles. The molecule has 1 aliphatic rings. The van der Waals surface area contributed by atoms with Gasteiger partial charge in [-0.1, -0.05) is 48.2 Å². The third-order valence-electron chi connectivity index (χ3n) is 4.14. The summed E-state index contributed by atoms with van der Waals surface area (Å²) >= 11 is 6.61. The van der Waals surface area contributed by atoms with Gasteiger partial charge in [0.05, 0.1) is 16.9 Å². The summed E-state index contributed by atoms with van der Waals surface area (Å²) in [5.41, 5.74) is 1.75. The number of hydrogen-bond donors (Lipinski definition) is 1. The van der Waals surface area contributed by atoms with Crippen LogP contribution in [-0.2, 0) is 21.2 Å². The Morgan fingerprint density at radius 1 is 1.21 bits per heavy atom. The zero-order valence-corrected chi connectivity index (χ0v) is 17.4. The van der Waals surface area contributed by atoms with Gasteiger partial charge in [0.2, 0.25) is 10.0 Å². The molecule has 0 unspecified atom stereocenters. The number of thiocarbonyl (C=S) groups is 1.